The van der Waals surface area contributed by atoms with Gasteiger partial charge in [-0.3, -0.25) is 4.79 Å². The summed E-state index contributed by atoms with van der Waals surface area (Å²) in [5.74, 6) is 1.05. The standard InChI is InChI=1S/C22H25ClN2O3/c1-27-20-15-18(14-19(23)22(20)28-2)8-9-21(26)25-12-10-24(11-13-25)16-17-6-4-3-5-7-17/h3-9,14-15H,10-13,16H2,1-2H3/p+1/b9-8+. The molecule has 0 radical (unpaired) electrons. The molecule has 0 unspecified atom stereocenters. The van der Waals surface area contributed by atoms with Crippen LogP contribution in [0.25, 0.3) is 6.08 Å². The summed E-state index contributed by atoms with van der Waals surface area (Å²) in [6.45, 7) is 4.44. The number of piperazine rings is 1. The molecule has 0 spiro atoms. The first-order valence-corrected chi connectivity index (χ1v) is 9.74. The fraction of sp³-hybridized carbons (Fsp3) is 0.318. The highest BCUT2D eigenvalue weighted by molar-refractivity contribution is 6.32. The van der Waals surface area contributed by atoms with E-state index in [0.29, 0.717) is 16.5 Å². The van der Waals surface area contributed by atoms with Crippen molar-refractivity contribution >= 4 is 23.6 Å². The summed E-state index contributed by atoms with van der Waals surface area (Å²) < 4.78 is 10.5. The van der Waals surface area contributed by atoms with Gasteiger partial charge in [0.1, 0.15) is 6.54 Å². The van der Waals surface area contributed by atoms with Gasteiger partial charge in [-0.05, 0) is 23.8 Å². The first kappa shape index (κ1) is 20.2. The monoisotopic (exact) mass is 401 g/mol. The van der Waals surface area contributed by atoms with E-state index in [4.69, 9.17) is 21.1 Å². The fourth-order valence-electron chi connectivity index (χ4n) is 3.41. The van der Waals surface area contributed by atoms with Crippen LogP contribution in [-0.4, -0.2) is 51.2 Å². The number of quaternary nitrogens is 1. The summed E-state index contributed by atoms with van der Waals surface area (Å²) in [5, 5.41) is 0.451. The fourth-order valence-corrected chi connectivity index (χ4v) is 3.71. The van der Waals surface area contributed by atoms with Crippen molar-refractivity contribution in [3.8, 4) is 11.5 Å². The molecule has 1 aliphatic rings. The van der Waals surface area contributed by atoms with Crippen molar-refractivity contribution in [2.45, 2.75) is 6.54 Å². The third-order valence-corrected chi connectivity index (χ3v) is 5.23. The molecule has 5 nitrogen and oxygen atoms in total. The van der Waals surface area contributed by atoms with Gasteiger partial charge in [0.05, 0.1) is 45.4 Å². The summed E-state index contributed by atoms with van der Waals surface area (Å²) in [6.07, 6.45) is 3.36. The van der Waals surface area contributed by atoms with Crippen molar-refractivity contribution in [3.63, 3.8) is 0 Å². The van der Waals surface area contributed by atoms with E-state index in [9.17, 15) is 4.79 Å². The van der Waals surface area contributed by atoms with Gasteiger partial charge >= 0.3 is 0 Å². The molecule has 0 aromatic heterocycles. The van der Waals surface area contributed by atoms with Crippen molar-refractivity contribution in [3.05, 3.63) is 64.7 Å². The number of halogens is 1. The predicted octanol–water partition coefficient (Wildman–Crippen LogP) is 2.30. The van der Waals surface area contributed by atoms with Gasteiger partial charge in [-0.1, -0.05) is 41.9 Å². The summed E-state index contributed by atoms with van der Waals surface area (Å²) >= 11 is 6.22. The molecule has 0 aliphatic carbocycles. The van der Waals surface area contributed by atoms with Gasteiger partial charge in [0, 0.05) is 11.6 Å². The number of benzene rings is 2. The van der Waals surface area contributed by atoms with Crippen LogP contribution in [-0.2, 0) is 11.3 Å². The normalized spacial score (nSPS) is 15.0. The lowest BCUT2D eigenvalue weighted by Gasteiger charge is -2.31. The Hall–Kier alpha value is -2.50. The van der Waals surface area contributed by atoms with Crippen LogP contribution in [0.5, 0.6) is 11.5 Å². The molecular weight excluding hydrogens is 376 g/mol. The Bertz CT molecular complexity index is 831. The second-order valence-corrected chi connectivity index (χ2v) is 7.22. The second-order valence-electron chi connectivity index (χ2n) is 6.81. The first-order chi connectivity index (χ1) is 13.6. The minimum absolute atomic E-state index is 0.0182. The van der Waals surface area contributed by atoms with Crippen LogP contribution >= 0.6 is 11.6 Å². The zero-order chi connectivity index (χ0) is 19.9. The Morgan fingerprint density at radius 2 is 1.86 bits per heavy atom. The van der Waals surface area contributed by atoms with Crippen LogP contribution in [0, 0.1) is 0 Å². The SMILES string of the molecule is COc1cc(/C=C/C(=O)N2CC[NH+](Cc3ccccc3)CC2)cc(Cl)c1OC. The Morgan fingerprint density at radius 3 is 2.50 bits per heavy atom. The lowest BCUT2D eigenvalue weighted by atomic mass is 10.1. The highest BCUT2D eigenvalue weighted by atomic mass is 35.5. The summed E-state index contributed by atoms with van der Waals surface area (Å²) in [7, 11) is 3.10. The molecule has 1 saturated heterocycles. The van der Waals surface area contributed by atoms with E-state index in [1.54, 1.807) is 38.5 Å². The molecule has 6 heteroatoms. The largest absolute Gasteiger partial charge is 0.493 e. The molecule has 3 rings (SSSR count). The van der Waals surface area contributed by atoms with Crippen molar-refractivity contribution in [1.29, 1.82) is 0 Å². The highest BCUT2D eigenvalue weighted by Gasteiger charge is 2.22. The molecule has 28 heavy (non-hydrogen) atoms. The molecule has 148 valence electrons. The van der Waals surface area contributed by atoms with Gasteiger partial charge in [-0.15, -0.1) is 0 Å². The minimum atomic E-state index is 0.0182. The number of nitrogens with zero attached hydrogens (tertiary/aromatic N) is 1. The van der Waals surface area contributed by atoms with E-state index in [1.165, 1.54) is 10.5 Å². The molecule has 1 amide bonds. The smallest absolute Gasteiger partial charge is 0.246 e. The number of carbonyl (C=O) groups excluding carboxylic acids is 1. The van der Waals surface area contributed by atoms with Crippen LogP contribution in [0.3, 0.4) is 0 Å². The van der Waals surface area contributed by atoms with Gasteiger partial charge < -0.3 is 19.3 Å². The number of methoxy groups -OCH3 is 2. The number of hydrogen-bond donors (Lipinski definition) is 1. The summed E-state index contributed by atoms with van der Waals surface area (Å²) in [5.41, 5.74) is 2.13. The van der Waals surface area contributed by atoms with Crippen molar-refractivity contribution in [2.75, 3.05) is 40.4 Å². The van der Waals surface area contributed by atoms with Crippen LogP contribution in [0.4, 0.5) is 0 Å². The maximum atomic E-state index is 12.5. The van der Waals surface area contributed by atoms with E-state index in [2.05, 4.69) is 24.3 Å². The van der Waals surface area contributed by atoms with Gasteiger partial charge in [0.25, 0.3) is 0 Å². The Balaban J connectivity index is 1.56. The van der Waals surface area contributed by atoms with Crippen molar-refractivity contribution in [2.24, 2.45) is 0 Å². The first-order valence-electron chi connectivity index (χ1n) is 9.36. The van der Waals surface area contributed by atoms with Gasteiger partial charge in [0.2, 0.25) is 5.91 Å². The number of carbonyl (C=O) groups is 1. The number of rotatable bonds is 6. The lowest BCUT2D eigenvalue weighted by Crippen LogP contribution is -3.13. The molecule has 1 aliphatic heterocycles. The van der Waals surface area contributed by atoms with Crippen molar-refractivity contribution in [1.82, 2.24) is 4.90 Å². The molecule has 1 fully saturated rings. The second kappa shape index (κ2) is 9.62. The number of nitrogens with one attached hydrogen (secondary N) is 1. The highest BCUT2D eigenvalue weighted by Crippen LogP contribution is 2.36. The third-order valence-electron chi connectivity index (χ3n) is 4.95. The molecule has 1 heterocycles. The number of amides is 1. The zero-order valence-electron chi connectivity index (χ0n) is 16.3. The average Bonchev–Trinajstić information content (AvgIpc) is 2.72. The molecule has 2 aromatic rings. The van der Waals surface area contributed by atoms with Crippen molar-refractivity contribution < 1.29 is 19.2 Å². The van der Waals surface area contributed by atoms with E-state index < -0.39 is 0 Å². The summed E-state index contributed by atoms with van der Waals surface area (Å²) in [4.78, 5) is 15.9. The average molecular weight is 402 g/mol. The lowest BCUT2D eigenvalue weighted by molar-refractivity contribution is -0.917. The molecular formula is C22H26ClN2O3+. The molecule has 0 bridgehead atoms. The van der Waals surface area contributed by atoms with Crippen LogP contribution in [0.2, 0.25) is 5.02 Å². The number of hydrogen-bond acceptors (Lipinski definition) is 3. The Labute approximate surface area is 171 Å². The molecule has 0 saturated carbocycles. The maximum absolute atomic E-state index is 12.5. The quantitative estimate of drug-likeness (QED) is 0.755. The van der Waals surface area contributed by atoms with Gasteiger partial charge in [0.15, 0.2) is 11.5 Å². The Morgan fingerprint density at radius 1 is 1.14 bits per heavy atom. The van der Waals surface area contributed by atoms with Gasteiger partial charge in [-0.25, -0.2) is 0 Å². The van der Waals surface area contributed by atoms with Gasteiger partial charge in [-0.2, -0.15) is 0 Å². The van der Waals surface area contributed by atoms with Crippen LogP contribution < -0.4 is 14.4 Å². The Kier molecular flexibility index (Phi) is 6.95. The number of ether oxygens (including phenoxy) is 2. The van der Waals surface area contributed by atoms with E-state index in [1.807, 2.05) is 11.0 Å². The zero-order valence-corrected chi connectivity index (χ0v) is 17.0. The maximum Gasteiger partial charge on any atom is 0.246 e. The summed E-state index contributed by atoms with van der Waals surface area (Å²) in [6, 6.07) is 14.0. The van der Waals surface area contributed by atoms with E-state index in [0.717, 1.165) is 38.3 Å². The van der Waals surface area contributed by atoms with Crippen LogP contribution in [0.1, 0.15) is 11.1 Å². The molecule has 2 aromatic carbocycles. The topological polar surface area (TPSA) is 43.2 Å². The predicted molar refractivity (Wildman–Crippen MR) is 111 cm³/mol. The van der Waals surface area contributed by atoms with E-state index >= 15 is 0 Å². The minimum Gasteiger partial charge on any atom is -0.493 e. The van der Waals surface area contributed by atoms with Crippen LogP contribution in [0.15, 0.2) is 48.5 Å². The molecule has 1 N–H and O–H groups in total. The van der Waals surface area contributed by atoms with E-state index in [-0.39, 0.29) is 5.91 Å². The third kappa shape index (κ3) is 5.06. The molecule has 0 atom stereocenters.